The van der Waals surface area contributed by atoms with Crippen LogP contribution in [0.3, 0.4) is 0 Å². The fraction of sp³-hybridized carbons (Fsp3) is 1.00. The van der Waals surface area contributed by atoms with Crippen LogP contribution in [0.15, 0.2) is 0 Å². The lowest BCUT2D eigenvalue weighted by Gasteiger charge is -2.29. The zero-order valence-electron chi connectivity index (χ0n) is 9.29. The maximum absolute atomic E-state index is 10.9. The number of nitrogens with one attached hydrogen (secondary N) is 1. The lowest BCUT2D eigenvalue weighted by molar-refractivity contribution is -0.00877. The van der Waals surface area contributed by atoms with E-state index in [2.05, 4.69) is 18.6 Å². The molecule has 4 heteroatoms. The van der Waals surface area contributed by atoms with Gasteiger partial charge in [-0.05, 0) is 25.2 Å². The topological polar surface area (TPSA) is 44.3 Å². The van der Waals surface area contributed by atoms with Gasteiger partial charge >= 0.3 is 0 Å². The average Bonchev–Trinajstić information content (AvgIpc) is 2.06. The van der Waals surface area contributed by atoms with E-state index in [1.807, 2.05) is 0 Å². The summed E-state index contributed by atoms with van der Waals surface area (Å²) in [5.74, 6) is 0.699. The summed E-state index contributed by atoms with van der Waals surface area (Å²) < 4.78 is 19.6. The highest BCUT2D eigenvalue weighted by molar-refractivity contribution is 7.88. The van der Waals surface area contributed by atoms with Gasteiger partial charge in [0.25, 0.3) is 0 Å². The highest BCUT2D eigenvalue weighted by Gasteiger charge is 2.24. The molecule has 1 N–H and O–H groups in total. The summed E-state index contributed by atoms with van der Waals surface area (Å²) in [5.41, 5.74) is 0. The van der Waals surface area contributed by atoms with E-state index >= 15 is 0 Å². The van der Waals surface area contributed by atoms with Crippen LogP contribution in [0.5, 0.6) is 0 Å². The molecular weight excluding hydrogens is 198 g/mol. The third-order valence-electron chi connectivity index (χ3n) is 2.44. The van der Waals surface area contributed by atoms with Crippen LogP contribution in [-0.2, 0) is 16.1 Å². The van der Waals surface area contributed by atoms with Crippen LogP contribution in [0.25, 0.3) is 0 Å². The number of hydrogen-bond acceptors (Lipinski definition) is 3. The minimum absolute atomic E-state index is 0.282. The summed E-state index contributed by atoms with van der Waals surface area (Å²) in [6.07, 6.45) is 5.39. The van der Waals surface area contributed by atoms with Crippen LogP contribution in [0.2, 0.25) is 0 Å². The molecule has 84 valence electrons. The Kier molecular flexibility index (Phi) is 5.23. The maximum atomic E-state index is 10.9. The Labute approximate surface area is 89.9 Å². The molecule has 3 nitrogen and oxygen atoms in total. The first-order valence-electron chi connectivity index (χ1n) is 5.29. The van der Waals surface area contributed by atoms with Gasteiger partial charge in [0.15, 0.2) is 0 Å². The molecular formula is C10H21NO2S. The maximum Gasteiger partial charge on any atom is 0.115 e. The Morgan fingerprint density at radius 2 is 2.21 bits per heavy atom. The average molecular weight is 219 g/mol. The minimum Gasteiger partial charge on any atom is -0.598 e. The predicted octanol–water partition coefficient (Wildman–Crippen LogP) is 1.46. The van der Waals surface area contributed by atoms with Gasteiger partial charge in [-0.25, -0.2) is 0 Å². The van der Waals surface area contributed by atoms with E-state index in [9.17, 15) is 4.55 Å². The van der Waals surface area contributed by atoms with Gasteiger partial charge in [-0.2, -0.15) is 0 Å². The molecule has 1 saturated heterocycles. The molecule has 3 atom stereocenters. The quantitative estimate of drug-likeness (QED) is 0.728. The van der Waals surface area contributed by atoms with E-state index in [1.54, 1.807) is 6.26 Å². The molecule has 1 fully saturated rings. The summed E-state index contributed by atoms with van der Waals surface area (Å²) >= 11 is -0.915. The largest absolute Gasteiger partial charge is 0.598 e. The molecule has 0 aromatic carbocycles. The molecule has 3 unspecified atom stereocenters. The molecule has 0 saturated carbocycles. The van der Waals surface area contributed by atoms with E-state index in [4.69, 9.17) is 4.74 Å². The molecule has 0 aromatic rings. The molecule has 1 aliphatic rings. The number of hydrogen-bond donors (Lipinski definition) is 1. The van der Waals surface area contributed by atoms with E-state index in [0.717, 1.165) is 19.3 Å². The SMILES string of the molecule is CC(C)CC1CCC(N[S+](C)[O-])CO1. The molecule has 1 rings (SSSR count). The van der Waals surface area contributed by atoms with Gasteiger partial charge in [0, 0.05) is 11.4 Å². The van der Waals surface area contributed by atoms with Crippen LogP contribution in [0, 0.1) is 5.92 Å². The first kappa shape index (κ1) is 12.3. The smallest absolute Gasteiger partial charge is 0.115 e. The van der Waals surface area contributed by atoms with Crippen LogP contribution >= 0.6 is 0 Å². The molecule has 0 radical (unpaired) electrons. The van der Waals surface area contributed by atoms with Crippen LogP contribution in [0.4, 0.5) is 0 Å². The van der Waals surface area contributed by atoms with Gasteiger partial charge in [-0.3, -0.25) is 0 Å². The van der Waals surface area contributed by atoms with Crippen LogP contribution in [0.1, 0.15) is 33.1 Å². The van der Waals surface area contributed by atoms with Gasteiger partial charge in [0.2, 0.25) is 0 Å². The minimum atomic E-state index is -0.915. The Morgan fingerprint density at radius 3 is 2.64 bits per heavy atom. The second kappa shape index (κ2) is 5.95. The Balaban J connectivity index is 2.17. The standard InChI is InChI=1S/C10H21NO2S/c1-8(2)6-10-5-4-9(7-13-10)11-14(3)12/h8-11H,4-7H2,1-3H3. The lowest BCUT2D eigenvalue weighted by atomic mass is 9.98. The fourth-order valence-electron chi connectivity index (χ4n) is 1.85. The molecule has 1 aliphatic heterocycles. The van der Waals surface area contributed by atoms with Gasteiger partial charge in [0.1, 0.15) is 6.26 Å². The molecule has 1 heterocycles. The molecule has 0 aromatic heterocycles. The van der Waals surface area contributed by atoms with Crippen molar-refractivity contribution in [2.75, 3.05) is 12.9 Å². The second-order valence-corrected chi connectivity index (χ2v) is 5.58. The van der Waals surface area contributed by atoms with Crippen LogP contribution < -0.4 is 4.72 Å². The van der Waals surface area contributed by atoms with Crippen molar-refractivity contribution in [3.8, 4) is 0 Å². The highest BCUT2D eigenvalue weighted by atomic mass is 32.2. The first-order chi connectivity index (χ1) is 6.58. The molecule has 0 amide bonds. The first-order valence-corrected chi connectivity index (χ1v) is 6.85. The Morgan fingerprint density at radius 1 is 1.50 bits per heavy atom. The zero-order chi connectivity index (χ0) is 10.6. The number of ether oxygens (including phenoxy) is 1. The third-order valence-corrected chi connectivity index (χ3v) is 3.10. The monoisotopic (exact) mass is 219 g/mol. The summed E-state index contributed by atoms with van der Waals surface area (Å²) in [7, 11) is 0. The lowest BCUT2D eigenvalue weighted by Crippen LogP contribution is -2.42. The van der Waals surface area contributed by atoms with Gasteiger partial charge in [-0.1, -0.05) is 13.8 Å². The second-order valence-electron chi connectivity index (χ2n) is 4.43. The third kappa shape index (κ3) is 4.64. The van der Waals surface area contributed by atoms with E-state index in [1.165, 1.54) is 0 Å². The fourth-order valence-corrected chi connectivity index (χ4v) is 2.50. The number of rotatable bonds is 4. The van der Waals surface area contributed by atoms with Crippen molar-refractivity contribution in [2.45, 2.75) is 45.3 Å². The van der Waals surface area contributed by atoms with Gasteiger partial charge < -0.3 is 9.29 Å². The van der Waals surface area contributed by atoms with E-state index < -0.39 is 11.4 Å². The summed E-state index contributed by atoms with van der Waals surface area (Å²) in [6, 6.07) is 0.282. The van der Waals surface area contributed by atoms with Crippen molar-refractivity contribution in [2.24, 2.45) is 5.92 Å². The molecule has 0 bridgehead atoms. The van der Waals surface area contributed by atoms with Gasteiger partial charge in [-0.15, -0.1) is 4.72 Å². The Bertz CT molecular complexity index is 138. The molecule has 0 spiro atoms. The van der Waals surface area contributed by atoms with Crippen LogP contribution in [-0.4, -0.2) is 29.6 Å². The molecule has 0 aliphatic carbocycles. The summed E-state index contributed by atoms with van der Waals surface area (Å²) in [6.45, 7) is 5.14. The van der Waals surface area contributed by atoms with Crippen molar-refractivity contribution < 1.29 is 9.29 Å². The summed E-state index contributed by atoms with van der Waals surface area (Å²) in [4.78, 5) is 0. The predicted molar refractivity (Wildman–Crippen MR) is 59.4 cm³/mol. The van der Waals surface area contributed by atoms with E-state index in [0.29, 0.717) is 18.6 Å². The molecule has 14 heavy (non-hydrogen) atoms. The highest BCUT2D eigenvalue weighted by Crippen LogP contribution is 2.19. The van der Waals surface area contributed by atoms with Crippen molar-refractivity contribution >= 4 is 11.4 Å². The normalized spacial score (nSPS) is 30.6. The summed E-state index contributed by atoms with van der Waals surface area (Å²) in [5, 5.41) is 0. The van der Waals surface area contributed by atoms with Crippen molar-refractivity contribution in [1.29, 1.82) is 0 Å². The van der Waals surface area contributed by atoms with Crippen molar-refractivity contribution in [3.63, 3.8) is 0 Å². The van der Waals surface area contributed by atoms with E-state index in [-0.39, 0.29) is 6.04 Å². The van der Waals surface area contributed by atoms with Gasteiger partial charge in [0.05, 0.1) is 18.8 Å². The van der Waals surface area contributed by atoms with Crippen molar-refractivity contribution in [1.82, 2.24) is 4.72 Å². The van der Waals surface area contributed by atoms with Crippen molar-refractivity contribution in [3.05, 3.63) is 0 Å². The Hall–Kier alpha value is 0.230. The zero-order valence-corrected chi connectivity index (χ0v) is 10.1.